The molecule has 2 aromatic rings. The second kappa shape index (κ2) is 6.19. The third-order valence-electron chi connectivity index (χ3n) is 2.37. The molecule has 1 amide bonds. The molecule has 0 aliphatic carbocycles. The van der Waals surface area contributed by atoms with Crippen LogP contribution in [0, 0.1) is 6.92 Å². The van der Waals surface area contributed by atoms with Crippen molar-refractivity contribution in [3.63, 3.8) is 0 Å². The third-order valence-corrected chi connectivity index (χ3v) is 3.66. The van der Waals surface area contributed by atoms with Gasteiger partial charge in [-0.1, -0.05) is 11.6 Å². The Balaban J connectivity index is 2.10. The molecule has 0 spiro atoms. The van der Waals surface area contributed by atoms with Crippen LogP contribution in [-0.2, 0) is 0 Å². The molecule has 1 N–H and O–H groups in total. The van der Waals surface area contributed by atoms with E-state index in [9.17, 15) is 13.6 Å². The highest BCUT2D eigenvalue weighted by Gasteiger charge is 2.12. The highest BCUT2D eigenvalue weighted by Crippen LogP contribution is 2.29. The molecule has 0 atom stereocenters. The molecule has 3 nitrogen and oxygen atoms in total. The SMILES string of the molecule is Cc1ccc(C(=O)Nc2ccc(OC(F)F)c(Cl)c2)s1. The molecular weight excluding hydrogens is 308 g/mol. The van der Waals surface area contributed by atoms with E-state index in [0.717, 1.165) is 4.88 Å². The Morgan fingerprint density at radius 1 is 1.35 bits per heavy atom. The molecule has 0 unspecified atom stereocenters. The highest BCUT2D eigenvalue weighted by atomic mass is 35.5. The van der Waals surface area contributed by atoms with Gasteiger partial charge in [-0.25, -0.2) is 0 Å². The van der Waals surface area contributed by atoms with Crippen LogP contribution < -0.4 is 10.1 Å². The van der Waals surface area contributed by atoms with E-state index < -0.39 is 6.61 Å². The first-order chi connectivity index (χ1) is 9.45. The van der Waals surface area contributed by atoms with Crippen molar-refractivity contribution in [2.45, 2.75) is 13.5 Å². The van der Waals surface area contributed by atoms with Gasteiger partial charge in [0, 0.05) is 10.6 Å². The van der Waals surface area contributed by atoms with Gasteiger partial charge in [-0.3, -0.25) is 4.79 Å². The zero-order valence-corrected chi connectivity index (χ0v) is 11.9. The number of carbonyl (C=O) groups is 1. The highest BCUT2D eigenvalue weighted by molar-refractivity contribution is 7.14. The second-order valence-corrected chi connectivity index (χ2v) is 5.58. The number of rotatable bonds is 4. The lowest BCUT2D eigenvalue weighted by Gasteiger charge is -2.09. The minimum atomic E-state index is -2.94. The molecule has 0 saturated carbocycles. The van der Waals surface area contributed by atoms with E-state index in [2.05, 4.69) is 10.1 Å². The maximum atomic E-state index is 12.1. The first kappa shape index (κ1) is 14.7. The van der Waals surface area contributed by atoms with Gasteiger partial charge < -0.3 is 10.1 Å². The van der Waals surface area contributed by atoms with Crippen LogP contribution in [0.1, 0.15) is 14.5 Å². The summed E-state index contributed by atoms with van der Waals surface area (Å²) < 4.78 is 28.4. The predicted molar refractivity (Wildman–Crippen MR) is 75.1 cm³/mol. The van der Waals surface area contributed by atoms with Crippen molar-refractivity contribution >= 4 is 34.5 Å². The Labute approximate surface area is 123 Å². The largest absolute Gasteiger partial charge is 0.433 e. The van der Waals surface area contributed by atoms with Crippen LogP contribution in [0.15, 0.2) is 30.3 Å². The number of carbonyl (C=O) groups excluding carboxylic acids is 1. The van der Waals surface area contributed by atoms with Gasteiger partial charge in [-0.2, -0.15) is 8.78 Å². The molecule has 7 heteroatoms. The van der Waals surface area contributed by atoms with Crippen molar-refractivity contribution in [3.05, 3.63) is 45.1 Å². The molecule has 0 radical (unpaired) electrons. The summed E-state index contributed by atoms with van der Waals surface area (Å²) in [5.41, 5.74) is 0.410. The minimum Gasteiger partial charge on any atom is -0.433 e. The monoisotopic (exact) mass is 317 g/mol. The summed E-state index contributed by atoms with van der Waals surface area (Å²) in [7, 11) is 0. The zero-order chi connectivity index (χ0) is 14.7. The molecular formula is C13H10ClF2NO2S. The molecule has 0 fully saturated rings. The summed E-state index contributed by atoms with van der Waals surface area (Å²) in [6.45, 7) is -1.04. The molecule has 0 saturated heterocycles. The van der Waals surface area contributed by atoms with Crippen molar-refractivity contribution in [2.75, 3.05) is 5.32 Å². The number of alkyl halides is 2. The van der Waals surface area contributed by atoms with E-state index in [-0.39, 0.29) is 16.7 Å². The van der Waals surface area contributed by atoms with E-state index in [4.69, 9.17) is 11.6 Å². The smallest absolute Gasteiger partial charge is 0.387 e. The van der Waals surface area contributed by atoms with Crippen molar-refractivity contribution in [2.24, 2.45) is 0 Å². The first-order valence-corrected chi connectivity index (χ1v) is 6.77. The summed E-state index contributed by atoms with van der Waals surface area (Å²) in [4.78, 5) is 13.5. The summed E-state index contributed by atoms with van der Waals surface area (Å²) >= 11 is 7.16. The lowest BCUT2D eigenvalue weighted by Crippen LogP contribution is -2.10. The molecule has 0 aliphatic heterocycles. The number of hydrogen-bond donors (Lipinski definition) is 1. The molecule has 1 aromatic heterocycles. The number of amides is 1. The summed E-state index contributed by atoms with van der Waals surface area (Å²) in [5, 5.41) is 2.64. The summed E-state index contributed by atoms with van der Waals surface area (Å²) in [5.74, 6) is -0.409. The topological polar surface area (TPSA) is 38.3 Å². The first-order valence-electron chi connectivity index (χ1n) is 5.58. The zero-order valence-electron chi connectivity index (χ0n) is 10.3. The van der Waals surface area contributed by atoms with Gasteiger partial charge in [0.2, 0.25) is 0 Å². The van der Waals surface area contributed by atoms with Gasteiger partial charge in [0.25, 0.3) is 5.91 Å². The van der Waals surface area contributed by atoms with Crippen molar-refractivity contribution < 1.29 is 18.3 Å². The fourth-order valence-electron chi connectivity index (χ4n) is 1.52. The van der Waals surface area contributed by atoms with Crippen LogP contribution in [0.25, 0.3) is 0 Å². The number of halogens is 3. The average molecular weight is 318 g/mol. The number of ether oxygens (including phenoxy) is 1. The van der Waals surface area contributed by atoms with Gasteiger partial charge in [-0.05, 0) is 37.3 Å². The van der Waals surface area contributed by atoms with Crippen molar-refractivity contribution in [1.82, 2.24) is 0 Å². The molecule has 1 aromatic carbocycles. The van der Waals surface area contributed by atoms with Gasteiger partial charge in [-0.15, -0.1) is 11.3 Å². The Bertz CT molecular complexity index is 631. The van der Waals surface area contributed by atoms with Crippen molar-refractivity contribution in [1.29, 1.82) is 0 Å². The van der Waals surface area contributed by atoms with E-state index >= 15 is 0 Å². The summed E-state index contributed by atoms with van der Waals surface area (Å²) in [6.07, 6.45) is 0. The fourth-order valence-corrected chi connectivity index (χ4v) is 2.51. The van der Waals surface area contributed by atoms with Gasteiger partial charge in [0.15, 0.2) is 0 Å². The molecule has 0 aliphatic rings. The Morgan fingerprint density at radius 3 is 2.65 bits per heavy atom. The maximum Gasteiger partial charge on any atom is 0.387 e. The Hall–Kier alpha value is -1.66. The number of thiophene rings is 1. The molecule has 1 heterocycles. The number of hydrogen-bond acceptors (Lipinski definition) is 3. The number of anilines is 1. The van der Waals surface area contributed by atoms with Crippen molar-refractivity contribution in [3.8, 4) is 5.75 Å². The van der Waals surface area contributed by atoms with Crippen LogP contribution >= 0.6 is 22.9 Å². The third kappa shape index (κ3) is 3.68. The van der Waals surface area contributed by atoms with E-state index in [1.165, 1.54) is 29.5 Å². The Morgan fingerprint density at radius 2 is 2.10 bits per heavy atom. The van der Waals surface area contributed by atoms with Crippen LogP contribution in [-0.4, -0.2) is 12.5 Å². The van der Waals surface area contributed by atoms with E-state index in [0.29, 0.717) is 10.6 Å². The van der Waals surface area contributed by atoms with Crippen LogP contribution in [0.3, 0.4) is 0 Å². The summed E-state index contributed by atoms with van der Waals surface area (Å²) in [6, 6.07) is 7.64. The lowest BCUT2D eigenvalue weighted by atomic mass is 10.3. The maximum absolute atomic E-state index is 12.1. The second-order valence-electron chi connectivity index (χ2n) is 3.89. The van der Waals surface area contributed by atoms with E-state index in [1.54, 1.807) is 6.07 Å². The van der Waals surface area contributed by atoms with Gasteiger partial charge in [0.1, 0.15) is 5.75 Å². The average Bonchev–Trinajstić information content (AvgIpc) is 2.79. The van der Waals surface area contributed by atoms with Gasteiger partial charge in [0.05, 0.1) is 9.90 Å². The minimum absolute atomic E-state index is 0.00506. The van der Waals surface area contributed by atoms with Crippen LogP contribution in [0.4, 0.5) is 14.5 Å². The molecule has 2 rings (SSSR count). The van der Waals surface area contributed by atoms with Crippen LogP contribution in [0.2, 0.25) is 5.02 Å². The predicted octanol–water partition coefficient (Wildman–Crippen LogP) is 4.56. The fraction of sp³-hybridized carbons (Fsp3) is 0.154. The number of aryl methyl sites for hydroxylation is 1. The molecule has 20 heavy (non-hydrogen) atoms. The standard InChI is InChI=1S/C13H10ClF2NO2S/c1-7-2-5-11(20-7)12(18)17-8-3-4-10(9(14)6-8)19-13(15)16/h2-6,13H,1H3,(H,17,18). The molecule has 106 valence electrons. The normalized spacial score (nSPS) is 10.7. The lowest BCUT2D eigenvalue weighted by molar-refractivity contribution is -0.0497. The number of benzene rings is 1. The number of nitrogens with one attached hydrogen (secondary N) is 1. The molecule has 0 bridgehead atoms. The van der Waals surface area contributed by atoms with Crippen LogP contribution in [0.5, 0.6) is 5.75 Å². The quantitative estimate of drug-likeness (QED) is 0.897. The van der Waals surface area contributed by atoms with Gasteiger partial charge >= 0.3 is 6.61 Å². The Kier molecular flexibility index (Phi) is 4.57. The van der Waals surface area contributed by atoms with E-state index in [1.807, 2.05) is 13.0 Å².